The summed E-state index contributed by atoms with van der Waals surface area (Å²) >= 11 is 0. The summed E-state index contributed by atoms with van der Waals surface area (Å²) in [5.74, 6) is 0. The van der Waals surface area contributed by atoms with E-state index >= 15 is 0 Å². The number of rotatable bonds is 8. The standard InChI is InChI=1S/C13H26O2/c1-3-4-5-6-7-8-9-10-13-14-11-12(2)15-13/h12-13H,3-11H2,1-2H3/t12-,13-/m0/s1. The molecular formula is C13H26O2. The lowest BCUT2D eigenvalue weighted by Crippen LogP contribution is -2.08. The topological polar surface area (TPSA) is 18.5 Å². The molecule has 1 saturated heterocycles. The van der Waals surface area contributed by atoms with E-state index in [4.69, 9.17) is 9.47 Å². The maximum atomic E-state index is 5.58. The second kappa shape index (κ2) is 8.12. The van der Waals surface area contributed by atoms with Crippen LogP contribution >= 0.6 is 0 Å². The van der Waals surface area contributed by atoms with Crippen LogP contribution in [-0.4, -0.2) is 19.0 Å². The molecule has 15 heavy (non-hydrogen) atoms. The molecule has 2 nitrogen and oxygen atoms in total. The highest BCUT2D eigenvalue weighted by atomic mass is 16.7. The van der Waals surface area contributed by atoms with Crippen LogP contribution in [0.2, 0.25) is 0 Å². The highest BCUT2D eigenvalue weighted by Gasteiger charge is 2.21. The molecule has 0 aliphatic carbocycles. The number of unbranched alkanes of at least 4 members (excludes halogenated alkanes) is 6. The average Bonchev–Trinajstić information content (AvgIpc) is 2.63. The van der Waals surface area contributed by atoms with Gasteiger partial charge in [-0.25, -0.2) is 0 Å². The quantitative estimate of drug-likeness (QED) is 0.571. The Morgan fingerprint density at radius 3 is 2.27 bits per heavy atom. The molecule has 1 heterocycles. The Bertz CT molecular complexity index is 147. The van der Waals surface area contributed by atoms with Crippen molar-refractivity contribution >= 4 is 0 Å². The lowest BCUT2D eigenvalue weighted by atomic mass is 10.1. The third-order valence-electron chi connectivity index (χ3n) is 2.94. The van der Waals surface area contributed by atoms with E-state index in [1.54, 1.807) is 0 Å². The summed E-state index contributed by atoms with van der Waals surface area (Å²) in [6.45, 7) is 5.11. The number of hydrogen-bond donors (Lipinski definition) is 0. The predicted molar refractivity (Wildman–Crippen MR) is 62.9 cm³/mol. The zero-order valence-corrected chi connectivity index (χ0v) is 10.3. The molecule has 0 aromatic heterocycles. The molecule has 0 saturated carbocycles. The van der Waals surface area contributed by atoms with Gasteiger partial charge in [-0.3, -0.25) is 0 Å². The van der Waals surface area contributed by atoms with Crippen LogP contribution in [0.5, 0.6) is 0 Å². The summed E-state index contributed by atoms with van der Waals surface area (Å²) in [6, 6.07) is 0. The minimum Gasteiger partial charge on any atom is -0.350 e. The fourth-order valence-corrected chi connectivity index (χ4v) is 2.00. The molecule has 0 spiro atoms. The van der Waals surface area contributed by atoms with E-state index in [0.717, 1.165) is 13.0 Å². The minimum atomic E-state index is 0.0932. The summed E-state index contributed by atoms with van der Waals surface area (Å²) in [4.78, 5) is 0. The van der Waals surface area contributed by atoms with Gasteiger partial charge in [-0.15, -0.1) is 0 Å². The van der Waals surface area contributed by atoms with Crippen LogP contribution in [0.1, 0.15) is 65.2 Å². The van der Waals surface area contributed by atoms with Crippen LogP contribution in [0, 0.1) is 0 Å². The first-order chi connectivity index (χ1) is 7.33. The second-order valence-electron chi connectivity index (χ2n) is 4.62. The Kier molecular flexibility index (Phi) is 7.03. The van der Waals surface area contributed by atoms with Gasteiger partial charge in [0.25, 0.3) is 0 Å². The molecule has 2 heteroatoms. The summed E-state index contributed by atoms with van der Waals surface area (Å²) in [6.07, 6.45) is 11.0. The van der Waals surface area contributed by atoms with Gasteiger partial charge >= 0.3 is 0 Å². The van der Waals surface area contributed by atoms with Crippen LogP contribution in [0.3, 0.4) is 0 Å². The molecule has 0 amide bonds. The first kappa shape index (κ1) is 13.0. The normalized spacial score (nSPS) is 26.0. The highest BCUT2D eigenvalue weighted by molar-refractivity contribution is 4.60. The van der Waals surface area contributed by atoms with Crippen molar-refractivity contribution in [3.05, 3.63) is 0 Å². The second-order valence-corrected chi connectivity index (χ2v) is 4.62. The van der Waals surface area contributed by atoms with Gasteiger partial charge in [0.1, 0.15) is 0 Å². The molecular weight excluding hydrogens is 188 g/mol. The number of ether oxygens (including phenoxy) is 2. The Morgan fingerprint density at radius 1 is 1.00 bits per heavy atom. The van der Waals surface area contributed by atoms with E-state index in [9.17, 15) is 0 Å². The zero-order valence-electron chi connectivity index (χ0n) is 10.3. The van der Waals surface area contributed by atoms with E-state index in [0.29, 0.717) is 6.10 Å². The predicted octanol–water partition coefficient (Wildman–Crippen LogP) is 3.89. The highest BCUT2D eigenvalue weighted by Crippen LogP contribution is 2.17. The van der Waals surface area contributed by atoms with E-state index in [1.807, 2.05) is 0 Å². The molecule has 0 N–H and O–H groups in total. The fraction of sp³-hybridized carbons (Fsp3) is 1.00. The smallest absolute Gasteiger partial charge is 0.158 e. The summed E-state index contributed by atoms with van der Waals surface area (Å²) in [5.41, 5.74) is 0. The van der Waals surface area contributed by atoms with E-state index in [-0.39, 0.29) is 6.29 Å². The van der Waals surface area contributed by atoms with Gasteiger partial charge in [0.15, 0.2) is 6.29 Å². The molecule has 0 aromatic carbocycles. The van der Waals surface area contributed by atoms with Crippen molar-refractivity contribution in [1.82, 2.24) is 0 Å². The fourth-order valence-electron chi connectivity index (χ4n) is 2.00. The van der Waals surface area contributed by atoms with Crippen LogP contribution in [0.4, 0.5) is 0 Å². The summed E-state index contributed by atoms with van der Waals surface area (Å²) in [7, 11) is 0. The largest absolute Gasteiger partial charge is 0.350 e. The molecule has 0 bridgehead atoms. The zero-order chi connectivity index (χ0) is 10.9. The van der Waals surface area contributed by atoms with E-state index in [1.165, 1.54) is 44.9 Å². The van der Waals surface area contributed by atoms with Crippen molar-refractivity contribution in [2.45, 2.75) is 77.6 Å². The van der Waals surface area contributed by atoms with Gasteiger partial charge < -0.3 is 9.47 Å². The molecule has 2 atom stereocenters. The van der Waals surface area contributed by atoms with Crippen molar-refractivity contribution in [1.29, 1.82) is 0 Å². The van der Waals surface area contributed by atoms with Crippen molar-refractivity contribution < 1.29 is 9.47 Å². The molecule has 1 rings (SSSR count). The van der Waals surface area contributed by atoms with Crippen LogP contribution in [0.25, 0.3) is 0 Å². The average molecular weight is 214 g/mol. The van der Waals surface area contributed by atoms with Crippen LogP contribution < -0.4 is 0 Å². The molecule has 0 unspecified atom stereocenters. The monoisotopic (exact) mass is 214 g/mol. The third kappa shape index (κ3) is 6.16. The van der Waals surface area contributed by atoms with Crippen molar-refractivity contribution in [3.63, 3.8) is 0 Å². The molecule has 1 fully saturated rings. The van der Waals surface area contributed by atoms with E-state index < -0.39 is 0 Å². The van der Waals surface area contributed by atoms with Crippen LogP contribution in [0.15, 0.2) is 0 Å². The third-order valence-corrected chi connectivity index (χ3v) is 2.94. The molecule has 90 valence electrons. The minimum absolute atomic E-state index is 0.0932. The SMILES string of the molecule is CCCCCCCCC[C@H]1OC[C@H](C)O1. The summed E-state index contributed by atoms with van der Waals surface area (Å²) < 4.78 is 11.1. The van der Waals surface area contributed by atoms with Gasteiger partial charge in [-0.05, 0) is 19.8 Å². The molecule has 0 radical (unpaired) electrons. The van der Waals surface area contributed by atoms with Gasteiger partial charge in [0, 0.05) is 0 Å². The van der Waals surface area contributed by atoms with Gasteiger partial charge in [-0.1, -0.05) is 45.4 Å². The molecule has 1 aliphatic heterocycles. The van der Waals surface area contributed by atoms with Gasteiger partial charge in [0.2, 0.25) is 0 Å². The Hall–Kier alpha value is -0.0800. The van der Waals surface area contributed by atoms with Crippen molar-refractivity contribution in [2.24, 2.45) is 0 Å². The lowest BCUT2D eigenvalue weighted by Gasteiger charge is -2.09. The van der Waals surface area contributed by atoms with E-state index in [2.05, 4.69) is 13.8 Å². The summed E-state index contributed by atoms with van der Waals surface area (Å²) in [5, 5.41) is 0. The lowest BCUT2D eigenvalue weighted by molar-refractivity contribution is -0.0604. The Labute approximate surface area is 94.3 Å². The number of hydrogen-bond acceptors (Lipinski definition) is 2. The van der Waals surface area contributed by atoms with Crippen molar-refractivity contribution in [2.75, 3.05) is 6.61 Å². The first-order valence-electron chi connectivity index (χ1n) is 6.60. The van der Waals surface area contributed by atoms with Crippen LogP contribution in [-0.2, 0) is 9.47 Å². The maximum absolute atomic E-state index is 5.58. The van der Waals surface area contributed by atoms with Gasteiger partial charge in [0.05, 0.1) is 12.7 Å². The Balaban J connectivity index is 1.81. The first-order valence-corrected chi connectivity index (χ1v) is 6.60. The van der Waals surface area contributed by atoms with Crippen molar-refractivity contribution in [3.8, 4) is 0 Å². The Morgan fingerprint density at radius 2 is 1.67 bits per heavy atom. The molecule has 0 aromatic rings. The van der Waals surface area contributed by atoms with Gasteiger partial charge in [-0.2, -0.15) is 0 Å². The molecule has 1 aliphatic rings. The maximum Gasteiger partial charge on any atom is 0.158 e.